The fraction of sp³-hybridized carbons (Fsp3) is 0.286. The van der Waals surface area contributed by atoms with Crippen molar-refractivity contribution in [2.24, 2.45) is 10.8 Å². The van der Waals surface area contributed by atoms with Crippen molar-refractivity contribution in [2.75, 3.05) is 0 Å². The van der Waals surface area contributed by atoms with E-state index in [2.05, 4.69) is 28.7 Å². The number of hydrogen-bond acceptors (Lipinski definition) is 2. The molecule has 1 aromatic rings. The molecule has 0 saturated heterocycles. The maximum Gasteiger partial charge on any atom is 0.332 e. The molecule has 0 aromatic heterocycles. The molecule has 0 bridgehead atoms. The Hall–Kier alpha value is -2.10. The Balaban J connectivity index is 2.20. The third kappa shape index (κ3) is 3.45. The predicted molar refractivity (Wildman–Crippen MR) is 73.0 cm³/mol. The molecule has 0 atom stereocenters. The molecule has 1 aliphatic rings. The normalized spacial score (nSPS) is 20.0. The molecule has 0 unspecified atom stereocenters. The van der Waals surface area contributed by atoms with Gasteiger partial charge in [0.2, 0.25) is 0 Å². The molecule has 0 aliphatic heterocycles. The molecule has 1 aromatic carbocycles. The van der Waals surface area contributed by atoms with E-state index in [1.54, 1.807) is 0 Å². The molecule has 1 fully saturated rings. The number of hydrazone groups is 1. The number of carbonyl (C=O) groups is 1. The fourth-order valence-corrected chi connectivity index (χ4v) is 2.07. The lowest BCUT2D eigenvalue weighted by Crippen LogP contribution is -2.26. The second kappa shape index (κ2) is 6.00. The molecule has 0 spiro atoms. The molecule has 94 valence electrons. The largest absolute Gasteiger partial charge is 0.350 e. The number of nitrogens with zero attached hydrogens (tertiary/aromatic N) is 1. The summed E-state index contributed by atoms with van der Waals surface area (Å²) in [5.74, 6) is 0. The maximum absolute atomic E-state index is 10.7. The zero-order valence-corrected chi connectivity index (χ0v) is 10.2. The van der Waals surface area contributed by atoms with E-state index in [0.717, 1.165) is 37.0 Å². The van der Waals surface area contributed by atoms with E-state index >= 15 is 0 Å². The first-order valence-corrected chi connectivity index (χ1v) is 6.14. The Labute approximate surface area is 107 Å². The average Bonchev–Trinajstić information content (AvgIpc) is 2.39. The number of allylic oxidation sites excluding steroid dienone is 1. The molecular weight excluding hydrogens is 226 g/mol. The fourth-order valence-electron chi connectivity index (χ4n) is 2.07. The molecule has 4 nitrogen and oxygen atoms in total. The standard InChI is InChI=1S/C14H17N3O/c15-14(18)17-16-13-9-5-4-8-12(13)10-11-6-2-1-3-7-11/h1-3,6-7,10H,4-5,8-9H2,(H3,15,17,18)/b12-10+,16-13-. The van der Waals surface area contributed by atoms with Crippen molar-refractivity contribution in [3.8, 4) is 0 Å². The van der Waals surface area contributed by atoms with E-state index in [0.29, 0.717) is 0 Å². The van der Waals surface area contributed by atoms with Crippen LogP contribution in [0.2, 0.25) is 0 Å². The summed E-state index contributed by atoms with van der Waals surface area (Å²) in [5, 5.41) is 4.08. The van der Waals surface area contributed by atoms with Gasteiger partial charge in [-0.3, -0.25) is 0 Å². The van der Waals surface area contributed by atoms with Gasteiger partial charge >= 0.3 is 6.03 Å². The zero-order valence-electron chi connectivity index (χ0n) is 10.2. The van der Waals surface area contributed by atoms with Crippen molar-refractivity contribution in [1.29, 1.82) is 0 Å². The Morgan fingerprint density at radius 2 is 1.94 bits per heavy atom. The zero-order chi connectivity index (χ0) is 12.8. The van der Waals surface area contributed by atoms with Gasteiger partial charge in [-0.1, -0.05) is 30.3 Å². The van der Waals surface area contributed by atoms with Gasteiger partial charge in [-0.25, -0.2) is 10.2 Å². The average molecular weight is 243 g/mol. The summed E-state index contributed by atoms with van der Waals surface area (Å²) in [5.41, 5.74) is 10.6. The van der Waals surface area contributed by atoms with Crippen molar-refractivity contribution >= 4 is 17.8 Å². The van der Waals surface area contributed by atoms with Crippen molar-refractivity contribution in [2.45, 2.75) is 25.7 Å². The number of nitrogens with one attached hydrogen (secondary N) is 1. The van der Waals surface area contributed by atoms with E-state index in [1.807, 2.05) is 18.2 Å². The lowest BCUT2D eigenvalue weighted by Gasteiger charge is -2.16. The molecule has 3 N–H and O–H groups in total. The number of urea groups is 1. The van der Waals surface area contributed by atoms with Crippen LogP contribution in [-0.2, 0) is 0 Å². The predicted octanol–water partition coefficient (Wildman–Crippen LogP) is 2.67. The lowest BCUT2D eigenvalue weighted by atomic mass is 9.91. The first-order valence-electron chi connectivity index (χ1n) is 6.14. The summed E-state index contributed by atoms with van der Waals surface area (Å²) in [4.78, 5) is 10.7. The molecule has 18 heavy (non-hydrogen) atoms. The summed E-state index contributed by atoms with van der Waals surface area (Å²) in [6, 6.07) is 9.50. The molecule has 2 rings (SSSR count). The van der Waals surface area contributed by atoms with Crippen molar-refractivity contribution < 1.29 is 4.79 Å². The highest BCUT2D eigenvalue weighted by Gasteiger charge is 2.13. The van der Waals surface area contributed by atoms with Gasteiger partial charge in [0, 0.05) is 0 Å². The second-order valence-corrected chi connectivity index (χ2v) is 4.32. The van der Waals surface area contributed by atoms with Crippen molar-refractivity contribution in [3.05, 3.63) is 41.5 Å². The number of benzene rings is 1. The summed E-state index contributed by atoms with van der Waals surface area (Å²) < 4.78 is 0. The van der Waals surface area contributed by atoms with Gasteiger partial charge < -0.3 is 5.73 Å². The molecule has 4 heteroatoms. The van der Waals surface area contributed by atoms with Gasteiger partial charge in [0.1, 0.15) is 0 Å². The second-order valence-electron chi connectivity index (χ2n) is 4.32. The van der Waals surface area contributed by atoms with Crippen LogP contribution in [0.4, 0.5) is 4.79 Å². The Kier molecular flexibility index (Phi) is 4.12. The minimum Gasteiger partial charge on any atom is -0.350 e. The van der Waals surface area contributed by atoms with Gasteiger partial charge in [-0.05, 0) is 42.9 Å². The molecular formula is C14H17N3O. The quantitative estimate of drug-likeness (QED) is 0.770. The number of primary amides is 1. The lowest BCUT2D eigenvalue weighted by molar-refractivity contribution is 0.249. The van der Waals surface area contributed by atoms with Gasteiger partial charge in [0.25, 0.3) is 0 Å². The van der Waals surface area contributed by atoms with E-state index in [4.69, 9.17) is 5.73 Å². The van der Waals surface area contributed by atoms with E-state index in [1.165, 1.54) is 5.57 Å². The van der Waals surface area contributed by atoms with Crippen LogP contribution in [-0.4, -0.2) is 11.7 Å². The minimum absolute atomic E-state index is 0.618. The molecule has 0 heterocycles. The topological polar surface area (TPSA) is 67.5 Å². The van der Waals surface area contributed by atoms with E-state index in [9.17, 15) is 4.79 Å². The first kappa shape index (κ1) is 12.4. The number of hydrogen-bond donors (Lipinski definition) is 2. The maximum atomic E-state index is 10.7. The number of nitrogens with two attached hydrogens (primary N) is 1. The third-order valence-corrected chi connectivity index (χ3v) is 2.92. The van der Waals surface area contributed by atoms with E-state index in [-0.39, 0.29) is 0 Å². The monoisotopic (exact) mass is 243 g/mol. The first-order chi connectivity index (χ1) is 8.75. The Bertz CT molecular complexity index is 477. The number of rotatable bonds is 2. The van der Waals surface area contributed by atoms with Crippen LogP contribution in [0, 0.1) is 0 Å². The smallest absolute Gasteiger partial charge is 0.332 e. The van der Waals surface area contributed by atoms with Crippen LogP contribution in [0.3, 0.4) is 0 Å². The van der Waals surface area contributed by atoms with E-state index < -0.39 is 6.03 Å². The van der Waals surface area contributed by atoms with Crippen LogP contribution in [0.1, 0.15) is 31.2 Å². The highest BCUT2D eigenvalue weighted by molar-refractivity contribution is 6.04. The number of carbonyl (C=O) groups excluding carboxylic acids is 1. The SMILES string of the molecule is NC(=O)N/N=C1/CCCC/C1=C\c1ccccc1. The van der Waals surface area contributed by atoms with Gasteiger partial charge in [-0.2, -0.15) is 5.10 Å². The molecule has 2 amide bonds. The van der Waals surface area contributed by atoms with Crippen LogP contribution in [0.25, 0.3) is 6.08 Å². The molecule has 0 radical (unpaired) electrons. The summed E-state index contributed by atoms with van der Waals surface area (Å²) in [6.45, 7) is 0. The highest BCUT2D eigenvalue weighted by Crippen LogP contribution is 2.23. The van der Waals surface area contributed by atoms with Crippen LogP contribution in [0.5, 0.6) is 0 Å². The Morgan fingerprint density at radius 1 is 1.22 bits per heavy atom. The highest BCUT2D eigenvalue weighted by atomic mass is 16.2. The van der Waals surface area contributed by atoms with Crippen LogP contribution >= 0.6 is 0 Å². The van der Waals surface area contributed by atoms with Crippen molar-refractivity contribution in [1.82, 2.24) is 5.43 Å². The minimum atomic E-state index is -0.618. The van der Waals surface area contributed by atoms with Gasteiger partial charge in [0.05, 0.1) is 5.71 Å². The van der Waals surface area contributed by atoms with Crippen molar-refractivity contribution in [3.63, 3.8) is 0 Å². The van der Waals surface area contributed by atoms with Crippen LogP contribution in [0.15, 0.2) is 41.0 Å². The molecule has 1 saturated carbocycles. The summed E-state index contributed by atoms with van der Waals surface area (Å²) >= 11 is 0. The Morgan fingerprint density at radius 3 is 2.67 bits per heavy atom. The van der Waals surface area contributed by atoms with Gasteiger partial charge in [0.15, 0.2) is 0 Å². The number of amides is 2. The summed E-state index contributed by atoms with van der Waals surface area (Å²) in [7, 11) is 0. The van der Waals surface area contributed by atoms with Crippen LogP contribution < -0.4 is 11.2 Å². The molecule has 1 aliphatic carbocycles. The third-order valence-electron chi connectivity index (χ3n) is 2.92. The van der Waals surface area contributed by atoms with Gasteiger partial charge in [-0.15, -0.1) is 0 Å². The summed E-state index contributed by atoms with van der Waals surface area (Å²) in [6.07, 6.45) is 6.27.